The summed E-state index contributed by atoms with van der Waals surface area (Å²) >= 11 is 0. The van der Waals surface area contributed by atoms with E-state index in [1.807, 2.05) is 59.5 Å². The molecule has 29 heavy (non-hydrogen) atoms. The van der Waals surface area contributed by atoms with Crippen molar-refractivity contribution in [3.8, 4) is 11.5 Å². The van der Waals surface area contributed by atoms with Crippen molar-refractivity contribution in [1.82, 2.24) is 5.32 Å². The number of nitrogens with zero attached hydrogens (tertiary/aromatic N) is 1. The van der Waals surface area contributed by atoms with Gasteiger partial charge < -0.3 is 20.1 Å². The molecule has 0 radical (unpaired) electrons. The van der Waals surface area contributed by atoms with Crippen LogP contribution in [0.25, 0.3) is 0 Å². The second-order valence-electron chi connectivity index (χ2n) is 7.87. The van der Waals surface area contributed by atoms with Gasteiger partial charge in [-0.2, -0.15) is 0 Å². The smallest absolute Gasteiger partial charge is 0.306 e. The number of carbonyl (C=O) groups is 2. The summed E-state index contributed by atoms with van der Waals surface area (Å²) in [5.41, 5.74) is 0.870. The Labute approximate surface area is 170 Å². The normalized spacial score (nSPS) is 24.5. The summed E-state index contributed by atoms with van der Waals surface area (Å²) in [6.45, 7) is 0.635. The van der Waals surface area contributed by atoms with E-state index in [0.29, 0.717) is 31.8 Å². The highest BCUT2D eigenvalue weighted by molar-refractivity contribution is 5.96. The van der Waals surface area contributed by atoms with Crippen LogP contribution in [0, 0.1) is 5.92 Å². The van der Waals surface area contributed by atoms with Crippen molar-refractivity contribution in [2.45, 2.75) is 44.2 Å². The maximum atomic E-state index is 12.5. The molecular formula is C23H26N2O4. The van der Waals surface area contributed by atoms with Gasteiger partial charge in [0.15, 0.2) is 0 Å². The van der Waals surface area contributed by atoms with Gasteiger partial charge in [0.1, 0.15) is 11.5 Å². The monoisotopic (exact) mass is 394 g/mol. The van der Waals surface area contributed by atoms with Gasteiger partial charge >= 0.3 is 5.97 Å². The third-order valence-corrected chi connectivity index (χ3v) is 5.80. The molecule has 1 aliphatic carbocycles. The van der Waals surface area contributed by atoms with Gasteiger partial charge in [0.25, 0.3) is 0 Å². The molecule has 2 aliphatic rings. The first-order valence-electron chi connectivity index (χ1n) is 10.2. The van der Waals surface area contributed by atoms with E-state index >= 15 is 0 Å². The zero-order valence-electron chi connectivity index (χ0n) is 16.3. The molecule has 2 fully saturated rings. The predicted molar refractivity (Wildman–Crippen MR) is 110 cm³/mol. The van der Waals surface area contributed by atoms with Crippen LogP contribution in [0.3, 0.4) is 0 Å². The van der Waals surface area contributed by atoms with Crippen LogP contribution in [0.15, 0.2) is 54.6 Å². The van der Waals surface area contributed by atoms with Crippen LogP contribution in [0.5, 0.6) is 11.5 Å². The molecule has 4 rings (SSSR count). The first kappa shape index (κ1) is 19.5. The summed E-state index contributed by atoms with van der Waals surface area (Å²) in [7, 11) is 0. The van der Waals surface area contributed by atoms with Gasteiger partial charge in [-0.25, -0.2) is 0 Å². The summed E-state index contributed by atoms with van der Waals surface area (Å²) in [5, 5.41) is 12.7. The molecule has 0 bridgehead atoms. The second-order valence-corrected chi connectivity index (χ2v) is 7.87. The van der Waals surface area contributed by atoms with Gasteiger partial charge in [-0.15, -0.1) is 0 Å². The Bertz CT molecular complexity index is 845. The van der Waals surface area contributed by atoms with Crippen LogP contribution in [0.4, 0.5) is 5.69 Å². The number of ether oxygens (including phenoxy) is 1. The molecule has 1 saturated carbocycles. The van der Waals surface area contributed by atoms with Crippen molar-refractivity contribution < 1.29 is 19.4 Å². The molecule has 1 aliphatic heterocycles. The number of aliphatic carboxylic acids is 1. The number of carbonyl (C=O) groups excluding carboxylic acids is 1. The minimum Gasteiger partial charge on any atom is -0.481 e. The summed E-state index contributed by atoms with van der Waals surface area (Å²) in [6.07, 6.45) is 3.60. The number of carboxylic acids is 1. The fraction of sp³-hybridized carbons (Fsp3) is 0.391. The van der Waals surface area contributed by atoms with Crippen LogP contribution in [-0.4, -0.2) is 35.6 Å². The summed E-state index contributed by atoms with van der Waals surface area (Å²) < 4.78 is 5.81. The number of carboxylic acid groups (broad SMARTS) is 1. The van der Waals surface area contributed by atoms with Gasteiger partial charge in [0, 0.05) is 30.7 Å². The molecule has 152 valence electrons. The molecule has 6 nitrogen and oxygen atoms in total. The van der Waals surface area contributed by atoms with Gasteiger partial charge in [-0.05, 0) is 62.1 Å². The Balaban J connectivity index is 1.32. The number of para-hydroxylation sites is 1. The van der Waals surface area contributed by atoms with Crippen molar-refractivity contribution in [3.05, 3.63) is 54.6 Å². The molecule has 6 heteroatoms. The number of benzene rings is 2. The molecule has 1 amide bonds. The number of nitrogens with one attached hydrogen (secondary N) is 1. The molecule has 1 atom stereocenters. The minimum atomic E-state index is -0.689. The van der Waals surface area contributed by atoms with E-state index in [2.05, 4.69) is 5.32 Å². The highest BCUT2D eigenvalue weighted by Crippen LogP contribution is 2.29. The average molecular weight is 394 g/mol. The topological polar surface area (TPSA) is 78.9 Å². The Kier molecular flexibility index (Phi) is 5.81. The van der Waals surface area contributed by atoms with Gasteiger partial charge in [0.05, 0.1) is 5.92 Å². The number of anilines is 1. The molecule has 1 heterocycles. The van der Waals surface area contributed by atoms with Crippen molar-refractivity contribution in [3.63, 3.8) is 0 Å². The average Bonchev–Trinajstić information content (AvgIpc) is 3.10. The van der Waals surface area contributed by atoms with Crippen LogP contribution in [0.1, 0.15) is 32.1 Å². The molecule has 1 unspecified atom stereocenters. The highest BCUT2D eigenvalue weighted by atomic mass is 16.5. The van der Waals surface area contributed by atoms with E-state index in [9.17, 15) is 9.59 Å². The molecule has 0 spiro atoms. The fourth-order valence-electron chi connectivity index (χ4n) is 4.23. The first-order chi connectivity index (χ1) is 14.1. The first-order valence-corrected chi connectivity index (χ1v) is 10.2. The Morgan fingerprint density at radius 2 is 1.59 bits per heavy atom. The van der Waals surface area contributed by atoms with E-state index in [4.69, 9.17) is 9.84 Å². The van der Waals surface area contributed by atoms with E-state index in [1.54, 1.807) is 0 Å². The molecule has 0 aromatic heterocycles. The van der Waals surface area contributed by atoms with Crippen molar-refractivity contribution in [2.75, 3.05) is 11.4 Å². The Morgan fingerprint density at radius 1 is 0.931 bits per heavy atom. The zero-order chi connectivity index (χ0) is 20.2. The number of hydrogen-bond acceptors (Lipinski definition) is 4. The number of rotatable bonds is 6. The fourth-order valence-corrected chi connectivity index (χ4v) is 4.23. The quantitative estimate of drug-likeness (QED) is 0.779. The number of hydrogen-bond donors (Lipinski definition) is 2. The van der Waals surface area contributed by atoms with E-state index in [0.717, 1.165) is 30.0 Å². The lowest BCUT2D eigenvalue weighted by Crippen LogP contribution is -2.42. The lowest BCUT2D eigenvalue weighted by Gasteiger charge is -2.29. The standard InChI is InChI=1S/C23H26N2O4/c26-22-14-18(24-17-8-6-16(7-9-17)23(27)28)15-25(22)19-10-12-21(13-11-19)29-20-4-2-1-3-5-20/h1-5,10-13,16-18,24H,6-9,14-15H2,(H,27,28). The number of amides is 1. The van der Waals surface area contributed by atoms with Crippen LogP contribution < -0.4 is 15.0 Å². The van der Waals surface area contributed by atoms with Crippen molar-refractivity contribution in [2.24, 2.45) is 5.92 Å². The van der Waals surface area contributed by atoms with Gasteiger partial charge in [-0.1, -0.05) is 18.2 Å². The van der Waals surface area contributed by atoms with Crippen molar-refractivity contribution >= 4 is 17.6 Å². The Morgan fingerprint density at radius 3 is 2.24 bits per heavy atom. The minimum absolute atomic E-state index is 0.106. The molecular weight excluding hydrogens is 368 g/mol. The lowest BCUT2D eigenvalue weighted by atomic mass is 9.86. The Hall–Kier alpha value is -2.86. The third kappa shape index (κ3) is 4.77. The molecule has 1 saturated heterocycles. The van der Waals surface area contributed by atoms with E-state index in [1.165, 1.54) is 0 Å². The maximum Gasteiger partial charge on any atom is 0.306 e. The molecule has 2 aromatic rings. The largest absolute Gasteiger partial charge is 0.481 e. The predicted octanol–water partition coefficient (Wildman–Crippen LogP) is 3.82. The van der Waals surface area contributed by atoms with Gasteiger partial charge in [0.2, 0.25) is 5.91 Å². The van der Waals surface area contributed by atoms with Crippen molar-refractivity contribution in [1.29, 1.82) is 0 Å². The van der Waals surface area contributed by atoms with Gasteiger partial charge in [-0.3, -0.25) is 9.59 Å². The summed E-state index contributed by atoms with van der Waals surface area (Å²) in [5.74, 6) is 0.714. The maximum absolute atomic E-state index is 12.5. The van der Waals surface area contributed by atoms with E-state index in [-0.39, 0.29) is 17.9 Å². The second kappa shape index (κ2) is 8.66. The zero-order valence-corrected chi connectivity index (χ0v) is 16.3. The van der Waals surface area contributed by atoms with Crippen LogP contribution in [-0.2, 0) is 9.59 Å². The summed E-state index contributed by atoms with van der Waals surface area (Å²) in [6, 6.07) is 17.6. The molecule has 2 N–H and O–H groups in total. The third-order valence-electron chi connectivity index (χ3n) is 5.80. The highest BCUT2D eigenvalue weighted by Gasteiger charge is 2.33. The SMILES string of the molecule is O=C(O)C1CCC(NC2CC(=O)N(c3ccc(Oc4ccccc4)cc3)C2)CC1. The van der Waals surface area contributed by atoms with Crippen LogP contribution in [0.2, 0.25) is 0 Å². The lowest BCUT2D eigenvalue weighted by molar-refractivity contribution is -0.142. The van der Waals surface area contributed by atoms with E-state index < -0.39 is 5.97 Å². The summed E-state index contributed by atoms with van der Waals surface area (Å²) in [4.78, 5) is 25.4. The molecule has 2 aromatic carbocycles. The van der Waals surface area contributed by atoms with Crippen LogP contribution >= 0.6 is 0 Å².